The van der Waals surface area contributed by atoms with Gasteiger partial charge in [0.1, 0.15) is 5.75 Å². The summed E-state index contributed by atoms with van der Waals surface area (Å²) in [6.07, 6.45) is 2.06. The smallest absolute Gasteiger partial charge is 0.219 e. The molecule has 0 saturated heterocycles. The van der Waals surface area contributed by atoms with E-state index in [4.69, 9.17) is 4.74 Å². The molecule has 2 aromatic rings. The first-order chi connectivity index (χ1) is 9.22. The number of nitrogens with zero attached hydrogens (tertiary/aromatic N) is 1. The van der Waals surface area contributed by atoms with Gasteiger partial charge in [-0.05, 0) is 50.1 Å². The maximum absolute atomic E-state index is 5.75. The van der Waals surface area contributed by atoms with Crippen LogP contribution in [-0.2, 0) is 6.54 Å². The monoisotopic (exact) mass is 274 g/mol. The van der Waals surface area contributed by atoms with E-state index in [9.17, 15) is 0 Å². The van der Waals surface area contributed by atoms with Crippen LogP contribution in [0.2, 0.25) is 0 Å². The van der Waals surface area contributed by atoms with Crippen LogP contribution in [0.3, 0.4) is 0 Å². The standard InChI is InChI=1S/C15H18N2OS/c1-11-12(10-16-2)4-9-15(17-11)18-13-5-7-14(19-3)8-6-13/h4-9,16H,10H2,1-3H3. The lowest BCUT2D eigenvalue weighted by Gasteiger charge is -2.09. The molecular weight excluding hydrogens is 256 g/mol. The van der Waals surface area contributed by atoms with Crippen molar-refractivity contribution in [2.45, 2.75) is 18.4 Å². The van der Waals surface area contributed by atoms with Gasteiger partial charge in [-0.2, -0.15) is 0 Å². The summed E-state index contributed by atoms with van der Waals surface area (Å²) in [6.45, 7) is 2.82. The van der Waals surface area contributed by atoms with Crippen molar-refractivity contribution in [2.24, 2.45) is 0 Å². The minimum atomic E-state index is 0.634. The lowest BCUT2D eigenvalue weighted by atomic mass is 10.2. The molecule has 100 valence electrons. The number of aromatic nitrogens is 1. The van der Waals surface area contributed by atoms with Crippen LogP contribution in [0.25, 0.3) is 0 Å². The summed E-state index contributed by atoms with van der Waals surface area (Å²) in [5, 5.41) is 3.12. The number of hydrogen-bond acceptors (Lipinski definition) is 4. The number of ether oxygens (including phenoxy) is 1. The van der Waals surface area contributed by atoms with Crippen LogP contribution >= 0.6 is 11.8 Å². The SMILES string of the molecule is CNCc1ccc(Oc2ccc(SC)cc2)nc1C. The molecule has 4 heteroatoms. The van der Waals surface area contributed by atoms with Crippen LogP contribution in [0.1, 0.15) is 11.3 Å². The largest absolute Gasteiger partial charge is 0.439 e. The summed E-state index contributed by atoms with van der Waals surface area (Å²) >= 11 is 1.72. The molecular formula is C15H18N2OS. The Morgan fingerprint density at radius 2 is 1.89 bits per heavy atom. The number of nitrogens with one attached hydrogen (secondary N) is 1. The average Bonchev–Trinajstić information content (AvgIpc) is 2.43. The van der Waals surface area contributed by atoms with E-state index >= 15 is 0 Å². The van der Waals surface area contributed by atoms with Gasteiger partial charge in [0.15, 0.2) is 0 Å². The van der Waals surface area contributed by atoms with E-state index in [0.717, 1.165) is 18.0 Å². The predicted molar refractivity (Wildman–Crippen MR) is 80.0 cm³/mol. The van der Waals surface area contributed by atoms with Gasteiger partial charge in [-0.15, -0.1) is 11.8 Å². The van der Waals surface area contributed by atoms with Gasteiger partial charge >= 0.3 is 0 Å². The lowest BCUT2D eigenvalue weighted by molar-refractivity contribution is 0.460. The predicted octanol–water partition coefficient (Wildman–Crippen LogP) is 3.62. The first-order valence-electron chi connectivity index (χ1n) is 6.16. The van der Waals surface area contributed by atoms with E-state index in [2.05, 4.69) is 16.6 Å². The number of benzene rings is 1. The zero-order valence-electron chi connectivity index (χ0n) is 11.4. The molecule has 1 aromatic heterocycles. The van der Waals surface area contributed by atoms with E-state index < -0.39 is 0 Å². The van der Waals surface area contributed by atoms with Crippen molar-refractivity contribution in [1.82, 2.24) is 10.3 Å². The summed E-state index contributed by atoms with van der Waals surface area (Å²) in [5.41, 5.74) is 2.18. The maximum Gasteiger partial charge on any atom is 0.219 e. The Bertz CT molecular complexity index is 540. The Hall–Kier alpha value is -1.52. The quantitative estimate of drug-likeness (QED) is 0.844. The number of thioether (sulfide) groups is 1. The minimum Gasteiger partial charge on any atom is -0.439 e. The van der Waals surface area contributed by atoms with Crippen molar-refractivity contribution in [2.75, 3.05) is 13.3 Å². The molecule has 0 aliphatic carbocycles. The highest BCUT2D eigenvalue weighted by atomic mass is 32.2. The summed E-state index contributed by atoms with van der Waals surface area (Å²) in [6, 6.07) is 12.0. The lowest BCUT2D eigenvalue weighted by Crippen LogP contribution is -2.07. The van der Waals surface area contributed by atoms with Crippen molar-refractivity contribution >= 4 is 11.8 Å². The second-order valence-corrected chi connectivity index (χ2v) is 5.08. The fourth-order valence-electron chi connectivity index (χ4n) is 1.77. The first kappa shape index (κ1) is 13.9. The van der Waals surface area contributed by atoms with E-state index in [0.29, 0.717) is 5.88 Å². The van der Waals surface area contributed by atoms with Gasteiger partial charge in [0.05, 0.1) is 0 Å². The molecule has 0 bridgehead atoms. The fraction of sp³-hybridized carbons (Fsp3) is 0.267. The maximum atomic E-state index is 5.75. The van der Waals surface area contributed by atoms with Gasteiger partial charge in [-0.25, -0.2) is 4.98 Å². The summed E-state index contributed by atoms with van der Waals surface area (Å²) < 4.78 is 5.75. The molecule has 0 aliphatic heterocycles. The second-order valence-electron chi connectivity index (χ2n) is 4.20. The van der Waals surface area contributed by atoms with Crippen LogP contribution in [0.5, 0.6) is 11.6 Å². The Morgan fingerprint density at radius 3 is 2.47 bits per heavy atom. The highest BCUT2D eigenvalue weighted by Gasteiger charge is 2.03. The number of hydrogen-bond donors (Lipinski definition) is 1. The number of pyridine rings is 1. The van der Waals surface area contributed by atoms with Crippen molar-refractivity contribution in [1.29, 1.82) is 0 Å². The highest BCUT2D eigenvalue weighted by Crippen LogP contribution is 2.23. The first-order valence-corrected chi connectivity index (χ1v) is 7.38. The molecule has 0 unspecified atom stereocenters. The summed E-state index contributed by atoms with van der Waals surface area (Å²) in [4.78, 5) is 5.69. The van der Waals surface area contributed by atoms with E-state index in [-0.39, 0.29) is 0 Å². The molecule has 19 heavy (non-hydrogen) atoms. The highest BCUT2D eigenvalue weighted by molar-refractivity contribution is 7.98. The summed E-state index contributed by atoms with van der Waals surface area (Å²) in [5.74, 6) is 1.44. The van der Waals surface area contributed by atoms with Gasteiger partial charge in [-0.1, -0.05) is 6.07 Å². The molecule has 0 spiro atoms. The van der Waals surface area contributed by atoms with Crippen LogP contribution in [-0.4, -0.2) is 18.3 Å². The Morgan fingerprint density at radius 1 is 1.16 bits per heavy atom. The third kappa shape index (κ3) is 3.72. The zero-order valence-corrected chi connectivity index (χ0v) is 12.3. The summed E-state index contributed by atoms with van der Waals surface area (Å²) in [7, 11) is 1.93. The minimum absolute atomic E-state index is 0.634. The van der Waals surface area contributed by atoms with Crippen LogP contribution in [0, 0.1) is 6.92 Å². The molecule has 0 aliphatic rings. The molecule has 0 amide bonds. The Kier molecular flexibility index (Phi) is 4.82. The van der Waals surface area contributed by atoms with Gasteiger partial charge in [0, 0.05) is 23.2 Å². The van der Waals surface area contributed by atoms with Gasteiger partial charge < -0.3 is 10.1 Å². The Balaban J connectivity index is 2.11. The third-order valence-corrected chi connectivity index (χ3v) is 3.56. The van der Waals surface area contributed by atoms with Crippen molar-refractivity contribution in [3.8, 4) is 11.6 Å². The van der Waals surface area contributed by atoms with Gasteiger partial charge in [-0.3, -0.25) is 0 Å². The van der Waals surface area contributed by atoms with Crippen LogP contribution < -0.4 is 10.1 Å². The third-order valence-electron chi connectivity index (χ3n) is 2.82. The zero-order chi connectivity index (χ0) is 13.7. The molecule has 0 saturated carbocycles. The molecule has 0 fully saturated rings. The Labute approximate surface area is 118 Å². The van der Waals surface area contributed by atoms with E-state index in [1.54, 1.807) is 11.8 Å². The topological polar surface area (TPSA) is 34.1 Å². The van der Waals surface area contributed by atoms with Crippen molar-refractivity contribution in [3.63, 3.8) is 0 Å². The molecule has 2 rings (SSSR count). The number of rotatable bonds is 5. The van der Waals surface area contributed by atoms with Crippen LogP contribution in [0.4, 0.5) is 0 Å². The number of aryl methyl sites for hydroxylation is 1. The molecule has 3 nitrogen and oxygen atoms in total. The van der Waals surface area contributed by atoms with Crippen LogP contribution in [0.15, 0.2) is 41.3 Å². The second kappa shape index (κ2) is 6.59. The van der Waals surface area contributed by atoms with E-state index in [1.807, 2.05) is 50.4 Å². The van der Waals surface area contributed by atoms with Gasteiger partial charge in [0.2, 0.25) is 5.88 Å². The van der Waals surface area contributed by atoms with E-state index in [1.165, 1.54) is 10.5 Å². The molecule has 1 heterocycles. The molecule has 0 atom stereocenters. The molecule has 1 aromatic carbocycles. The van der Waals surface area contributed by atoms with Crippen molar-refractivity contribution < 1.29 is 4.74 Å². The van der Waals surface area contributed by atoms with Gasteiger partial charge in [0.25, 0.3) is 0 Å². The normalized spacial score (nSPS) is 10.5. The molecule has 0 radical (unpaired) electrons. The fourth-order valence-corrected chi connectivity index (χ4v) is 2.17. The molecule has 1 N–H and O–H groups in total. The average molecular weight is 274 g/mol. The van der Waals surface area contributed by atoms with Crippen molar-refractivity contribution in [3.05, 3.63) is 47.7 Å².